The molecule has 0 bridgehead atoms. The van der Waals surface area contributed by atoms with Crippen molar-refractivity contribution in [2.45, 2.75) is 39.0 Å². The van der Waals surface area contributed by atoms with Crippen LogP contribution in [0.3, 0.4) is 0 Å². The molecule has 0 radical (unpaired) electrons. The molecule has 90 valence electrons. The molecule has 0 saturated carbocycles. The Morgan fingerprint density at radius 1 is 1.19 bits per heavy atom. The van der Waals surface area contributed by atoms with Gasteiger partial charge in [0.1, 0.15) is 0 Å². The summed E-state index contributed by atoms with van der Waals surface area (Å²) < 4.78 is 5.38. The fourth-order valence-electron chi connectivity index (χ4n) is 0.884. The molecule has 1 aromatic rings. The van der Waals surface area contributed by atoms with E-state index in [-0.39, 0.29) is 11.4 Å². The predicted octanol–water partition coefficient (Wildman–Crippen LogP) is 3.06. The fraction of sp³-hybridized carbons (Fsp3) is 0.700. The molecule has 0 unspecified atom stereocenters. The minimum Gasteiger partial charge on any atom is -0.461 e. The van der Waals surface area contributed by atoms with Crippen molar-refractivity contribution in [3.05, 3.63) is 5.28 Å². The first-order valence-electron chi connectivity index (χ1n) is 5.18. The van der Waals surface area contributed by atoms with E-state index >= 15 is 0 Å². The maximum atomic E-state index is 5.79. The fourth-order valence-corrected chi connectivity index (χ4v) is 1.86. The number of aromatic nitrogens is 3. The van der Waals surface area contributed by atoms with Crippen LogP contribution in [0.2, 0.25) is 5.28 Å². The number of thioether (sulfide) groups is 1. The smallest absolute Gasteiger partial charge is 0.321 e. The minimum atomic E-state index is 0.0291. The molecule has 1 rings (SSSR count). The third-order valence-corrected chi connectivity index (χ3v) is 2.90. The quantitative estimate of drug-likeness (QED) is 0.763. The van der Waals surface area contributed by atoms with E-state index in [1.165, 1.54) is 0 Å². The molecule has 0 saturated heterocycles. The Labute approximate surface area is 105 Å². The molecule has 0 amide bonds. The highest BCUT2D eigenvalue weighted by Crippen LogP contribution is 2.20. The van der Waals surface area contributed by atoms with E-state index in [1.54, 1.807) is 11.8 Å². The Bertz CT molecular complexity index is 347. The molecule has 6 heteroatoms. The molecule has 16 heavy (non-hydrogen) atoms. The molecule has 0 aliphatic rings. The normalized spacial score (nSPS) is 11.2. The van der Waals surface area contributed by atoms with E-state index in [4.69, 9.17) is 16.3 Å². The summed E-state index contributed by atoms with van der Waals surface area (Å²) >= 11 is 7.35. The highest BCUT2D eigenvalue weighted by molar-refractivity contribution is 7.99. The summed E-state index contributed by atoms with van der Waals surface area (Å²) in [7, 11) is 0. The van der Waals surface area contributed by atoms with Gasteiger partial charge in [-0.05, 0) is 31.4 Å². The van der Waals surface area contributed by atoms with Gasteiger partial charge in [-0.15, -0.1) is 0 Å². The predicted molar refractivity (Wildman–Crippen MR) is 66.2 cm³/mol. The SMILES string of the molecule is CC(C)CSc1nc(Cl)nc(OC(C)C)n1. The lowest BCUT2D eigenvalue weighted by molar-refractivity contribution is 0.219. The second-order valence-electron chi connectivity index (χ2n) is 4.04. The lowest BCUT2D eigenvalue weighted by Gasteiger charge is -2.08. The second kappa shape index (κ2) is 6.25. The number of nitrogens with zero attached hydrogens (tertiary/aromatic N) is 3. The number of halogens is 1. The number of hydrogen-bond donors (Lipinski definition) is 0. The van der Waals surface area contributed by atoms with Gasteiger partial charge in [0.25, 0.3) is 0 Å². The molecule has 0 spiro atoms. The molecule has 1 aromatic heterocycles. The first kappa shape index (κ1) is 13.5. The zero-order chi connectivity index (χ0) is 12.1. The van der Waals surface area contributed by atoms with E-state index in [2.05, 4.69) is 28.8 Å². The van der Waals surface area contributed by atoms with Gasteiger partial charge >= 0.3 is 6.01 Å². The lowest BCUT2D eigenvalue weighted by Crippen LogP contribution is -2.09. The first-order valence-corrected chi connectivity index (χ1v) is 6.54. The third-order valence-electron chi connectivity index (χ3n) is 1.45. The van der Waals surface area contributed by atoms with Crippen LogP contribution >= 0.6 is 23.4 Å². The van der Waals surface area contributed by atoms with Crippen molar-refractivity contribution in [1.82, 2.24) is 15.0 Å². The van der Waals surface area contributed by atoms with Crippen molar-refractivity contribution < 1.29 is 4.74 Å². The van der Waals surface area contributed by atoms with E-state index in [0.717, 1.165) is 5.75 Å². The van der Waals surface area contributed by atoms with Gasteiger partial charge in [0.05, 0.1) is 6.10 Å². The van der Waals surface area contributed by atoms with Crippen LogP contribution in [0.4, 0.5) is 0 Å². The number of rotatable bonds is 5. The molecule has 0 fully saturated rings. The van der Waals surface area contributed by atoms with Crippen LogP contribution in [0.1, 0.15) is 27.7 Å². The maximum absolute atomic E-state index is 5.79. The first-order chi connectivity index (χ1) is 7.47. The molecule has 0 aliphatic heterocycles. The zero-order valence-electron chi connectivity index (χ0n) is 9.90. The van der Waals surface area contributed by atoms with Gasteiger partial charge in [0, 0.05) is 5.75 Å². The van der Waals surface area contributed by atoms with E-state index in [1.807, 2.05) is 13.8 Å². The maximum Gasteiger partial charge on any atom is 0.321 e. The minimum absolute atomic E-state index is 0.0291. The summed E-state index contributed by atoms with van der Waals surface area (Å²) in [4.78, 5) is 12.1. The van der Waals surface area contributed by atoms with Gasteiger partial charge in [-0.25, -0.2) is 0 Å². The lowest BCUT2D eigenvalue weighted by atomic mass is 10.3. The van der Waals surface area contributed by atoms with Crippen LogP contribution in [-0.4, -0.2) is 26.8 Å². The Hall–Kier alpha value is -0.550. The van der Waals surface area contributed by atoms with Gasteiger partial charge in [-0.2, -0.15) is 15.0 Å². The number of ether oxygens (including phenoxy) is 1. The summed E-state index contributed by atoms with van der Waals surface area (Å²) in [5, 5.41) is 0.793. The highest BCUT2D eigenvalue weighted by atomic mass is 35.5. The van der Waals surface area contributed by atoms with Crippen molar-refractivity contribution in [2.24, 2.45) is 5.92 Å². The van der Waals surface area contributed by atoms with E-state index in [0.29, 0.717) is 17.1 Å². The van der Waals surface area contributed by atoms with Crippen LogP contribution in [-0.2, 0) is 0 Å². The molecule has 0 atom stereocenters. The largest absolute Gasteiger partial charge is 0.461 e. The highest BCUT2D eigenvalue weighted by Gasteiger charge is 2.08. The summed E-state index contributed by atoms with van der Waals surface area (Å²) in [6.45, 7) is 8.11. The third kappa shape index (κ3) is 4.99. The van der Waals surface area contributed by atoms with Crippen molar-refractivity contribution in [1.29, 1.82) is 0 Å². The summed E-state index contributed by atoms with van der Waals surface area (Å²) in [6.07, 6.45) is 0.0291. The molecule has 0 N–H and O–H groups in total. The van der Waals surface area contributed by atoms with Gasteiger partial charge in [-0.3, -0.25) is 0 Å². The van der Waals surface area contributed by atoms with Crippen molar-refractivity contribution in [3.8, 4) is 6.01 Å². The Morgan fingerprint density at radius 3 is 2.44 bits per heavy atom. The summed E-state index contributed by atoms with van der Waals surface area (Å²) in [5.74, 6) is 1.52. The summed E-state index contributed by atoms with van der Waals surface area (Å²) in [5.41, 5.74) is 0. The van der Waals surface area contributed by atoms with Crippen molar-refractivity contribution >= 4 is 23.4 Å². The molecular weight excluding hydrogens is 246 g/mol. The Kier molecular flexibility index (Phi) is 5.28. The van der Waals surface area contributed by atoms with E-state index < -0.39 is 0 Å². The Morgan fingerprint density at radius 2 is 1.88 bits per heavy atom. The molecular formula is C10H16ClN3OS. The average Bonchev–Trinajstić information content (AvgIpc) is 2.12. The topological polar surface area (TPSA) is 47.9 Å². The molecule has 0 aliphatic carbocycles. The van der Waals surface area contributed by atoms with Crippen LogP contribution in [0, 0.1) is 5.92 Å². The van der Waals surface area contributed by atoms with Crippen LogP contribution in [0.15, 0.2) is 5.16 Å². The van der Waals surface area contributed by atoms with Crippen molar-refractivity contribution in [2.75, 3.05) is 5.75 Å². The number of hydrogen-bond acceptors (Lipinski definition) is 5. The molecule has 1 heterocycles. The van der Waals surface area contributed by atoms with Crippen LogP contribution < -0.4 is 4.74 Å². The van der Waals surface area contributed by atoms with Gasteiger partial charge in [-0.1, -0.05) is 25.6 Å². The van der Waals surface area contributed by atoms with Crippen LogP contribution in [0.25, 0.3) is 0 Å². The summed E-state index contributed by atoms with van der Waals surface area (Å²) in [6, 6.07) is 0.293. The monoisotopic (exact) mass is 261 g/mol. The van der Waals surface area contributed by atoms with Gasteiger partial charge in [0.15, 0.2) is 5.16 Å². The van der Waals surface area contributed by atoms with Crippen molar-refractivity contribution in [3.63, 3.8) is 0 Å². The average molecular weight is 262 g/mol. The standard InChI is InChI=1S/C10H16ClN3OS/c1-6(2)5-16-10-13-8(11)12-9(14-10)15-7(3)4/h6-7H,5H2,1-4H3. The van der Waals surface area contributed by atoms with Gasteiger partial charge < -0.3 is 4.74 Å². The second-order valence-corrected chi connectivity index (χ2v) is 5.37. The Balaban J connectivity index is 2.73. The molecule has 0 aromatic carbocycles. The zero-order valence-corrected chi connectivity index (χ0v) is 11.5. The van der Waals surface area contributed by atoms with E-state index in [9.17, 15) is 0 Å². The van der Waals surface area contributed by atoms with Gasteiger partial charge in [0.2, 0.25) is 5.28 Å². The molecule has 4 nitrogen and oxygen atoms in total. The van der Waals surface area contributed by atoms with Crippen LogP contribution in [0.5, 0.6) is 6.01 Å².